The van der Waals surface area contributed by atoms with E-state index in [0.717, 1.165) is 10.2 Å². The lowest BCUT2D eigenvalue weighted by Crippen LogP contribution is -1.92. The van der Waals surface area contributed by atoms with Gasteiger partial charge in [-0.25, -0.2) is 0 Å². The third kappa shape index (κ3) is 3.14. The number of ether oxygens (including phenoxy) is 1. The van der Waals surface area contributed by atoms with Gasteiger partial charge in [-0.05, 0) is 52.2 Å². The summed E-state index contributed by atoms with van der Waals surface area (Å²) in [6.45, 7) is 0. The Morgan fingerprint density at radius 3 is 2.14 bits per heavy atom. The van der Waals surface area contributed by atoms with E-state index < -0.39 is 0 Å². The molecule has 106 valence electrons. The summed E-state index contributed by atoms with van der Waals surface area (Å²) >= 11 is 7.26. The third-order valence-electron chi connectivity index (χ3n) is 3.53. The van der Waals surface area contributed by atoms with Gasteiger partial charge in [0.15, 0.2) is 0 Å². The molecule has 0 bridgehead atoms. The van der Waals surface area contributed by atoms with Crippen LogP contribution >= 0.6 is 31.9 Å². The van der Waals surface area contributed by atoms with Crippen molar-refractivity contribution in [3.8, 4) is 5.75 Å². The molecule has 0 aliphatic rings. The molecule has 1 atom stereocenters. The van der Waals surface area contributed by atoms with Crippen molar-refractivity contribution >= 4 is 42.6 Å². The molecule has 21 heavy (non-hydrogen) atoms. The average molecular weight is 406 g/mol. The minimum atomic E-state index is 0.192. The monoisotopic (exact) mass is 404 g/mol. The summed E-state index contributed by atoms with van der Waals surface area (Å²) in [6, 6.07) is 21.0. The molecule has 1 unspecified atom stereocenters. The first kappa shape index (κ1) is 14.6. The first-order valence-electron chi connectivity index (χ1n) is 6.64. The Bertz CT molecular complexity index is 766. The molecular weight excluding hydrogens is 392 g/mol. The van der Waals surface area contributed by atoms with E-state index in [4.69, 9.17) is 4.74 Å². The SMILES string of the molecule is COc1ccc2cc(C(Br)c3ccc(Br)cc3)ccc2c1. The van der Waals surface area contributed by atoms with Crippen LogP contribution in [-0.4, -0.2) is 7.11 Å². The molecule has 3 aromatic carbocycles. The van der Waals surface area contributed by atoms with Crippen LogP contribution in [-0.2, 0) is 0 Å². The summed E-state index contributed by atoms with van der Waals surface area (Å²) in [5.41, 5.74) is 2.49. The van der Waals surface area contributed by atoms with Gasteiger partial charge in [0.2, 0.25) is 0 Å². The van der Waals surface area contributed by atoms with Crippen LogP contribution in [0.15, 0.2) is 65.1 Å². The lowest BCUT2D eigenvalue weighted by atomic mass is 10.0. The third-order valence-corrected chi connectivity index (χ3v) is 5.11. The summed E-state index contributed by atoms with van der Waals surface area (Å²) in [4.78, 5) is 0.192. The minimum Gasteiger partial charge on any atom is -0.497 e. The lowest BCUT2D eigenvalue weighted by Gasteiger charge is -2.12. The smallest absolute Gasteiger partial charge is 0.119 e. The van der Waals surface area contributed by atoms with Gasteiger partial charge in [-0.1, -0.05) is 62.2 Å². The first-order chi connectivity index (χ1) is 10.2. The van der Waals surface area contributed by atoms with Crippen molar-refractivity contribution in [2.24, 2.45) is 0 Å². The van der Waals surface area contributed by atoms with Crippen LogP contribution in [0.25, 0.3) is 10.8 Å². The zero-order valence-electron chi connectivity index (χ0n) is 11.5. The van der Waals surface area contributed by atoms with Crippen LogP contribution in [0, 0.1) is 0 Å². The Kier molecular flexibility index (Phi) is 4.32. The van der Waals surface area contributed by atoms with E-state index in [0.29, 0.717) is 0 Å². The normalized spacial score (nSPS) is 12.3. The van der Waals surface area contributed by atoms with Gasteiger partial charge >= 0.3 is 0 Å². The number of benzene rings is 3. The fourth-order valence-corrected chi connectivity index (χ4v) is 3.21. The van der Waals surface area contributed by atoms with Crippen LogP contribution in [0.2, 0.25) is 0 Å². The van der Waals surface area contributed by atoms with Gasteiger partial charge in [-0.3, -0.25) is 0 Å². The summed E-state index contributed by atoms with van der Waals surface area (Å²) in [7, 11) is 1.69. The number of hydrogen-bond acceptors (Lipinski definition) is 1. The molecule has 0 fully saturated rings. The molecule has 0 heterocycles. The largest absolute Gasteiger partial charge is 0.497 e. The molecule has 0 aliphatic heterocycles. The number of halogens is 2. The van der Waals surface area contributed by atoms with Crippen LogP contribution < -0.4 is 4.74 Å². The topological polar surface area (TPSA) is 9.23 Å². The maximum Gasteiger partial charge on any atom is 0.119 e. The maximum atomic E-state index is 5.27. The molecular formula is C18H14Br2O. The summed E-state index contributed by atoms with van der Waals surface area (Å²) in [6.07, 6.45) is 0. The Balaban J connectivity index is 1.98. The molecule has 3 aromatic rings. The van der Waals surface area contributed by atoms with Crippen LogP contribution in [0.3, 0.4) is 0 Å². The quantitative estimate of drug-likeness (QED) is 0.478. The molecule has 0 saturated carbocycles. The lowest BCUT2D eigenvalue weighted by molar-refractivity contribution is 0.415. The predicted octanol–water partition coefficient (Wildman–Crippen LogP) is 6.10. The van der Waals surface area contributed by atoms with Gasteiger partial charge in [-0.15, -0.1) is 0 Å². The highest BCUT2D eigenvalue weighted by atomic mass is 79.9. The maximum absolute atomic E-state index is 5.27. The van der Waals surface area contributed by atoms with E-state index in [1.54, 1.807) is 7.11 Å². The molecule has 1 nitrogen and oxygen atoms in total. The van der Waals surface area contributed by atoms with Gasteiger partial charge in [-0.2, -0.15) is 0 Å². The molecule has 0 N–H and O–H groups in total. The van der Waals surface area contributed by atoms with Crippen molar-refractivity contribution in [3.05, 3.63) is 76.3 Å². The summed E-state index contributed by atoms with van der Waals surface area (Å²) in [5.74, 6) is 0.888. The number of rotatable bonds is 3. The Morgan fingerprint density at radius 1 is 0.810 bits per heavy atom. The van der Waals surface area contributed by atoms with Crippen molar-refractivity contribution in [1.82, 2.24) is 0 Å². The van der Waals surface area contributed by atoms with Gasteiger partial charge in [0.05, 0.1) is 11.9 Å². The summed E-state index contributed by atoms with van der Waals surface area (Å²) in [5, 5.41) is 2.41. The van der Waals surface area contributed by atoms with E-state index in [2.05, 4.69) is 86.5 Å². The molecule has 3 rings (SSSR count). The van der Waals surface area contributed by atoms with Crippen molar-refractivity contribution in [3.63, 3.8) is 0 Å². The Labute approximate surface area is 141 Å². The second-order valence-corrected chi connectivity index (χ2v) is 6.72. The molecule has 0 radical (unpaired) electrons. The van der Waals surface area contributed by atoms with Crippen LogP contribution in [0.4, 0.5) is 0 Å². The second-order valence-electron chi connectivity index (χ2n) is 4.89. The fourth-order valence-electron chi connectivity index (χ4n) is 2.35. The first-order valence-corrected chi connectivity index (χ1v) is 8.35. The zero-order valence-corrected chi connectivity index (χ0v) is 14.7. The van der Waals surface area contributed by atoms with E-state index >= 15 is 0 Å². The van der Waals surface area contributed by atoms with Gasteiger partial charge in [0.25, 0.3) is 0 Å². The molecule has 0 saturated heterocycles. The van der Waals surface area contributed by atoms with Gasteiger partial charge < -0.3 is 4.74 Å². The van der Waals surface area contributed by atoms with E-state index in [1.807, 2.05) is 6.07 Å². The van der Waals surface area contributed by atoms with Gasteiger partial charge in [0.1, 0.15) is 5.75 Å². The number of alkyl halides is 1. The Morgan fingerprint density at radius 2 is 1.43 bits per heavy atom. The van der Waals surface area contributed by atoms with Crippen molar-refractivity contribution in [2.45, 2.75) is 4.83 Å². The highest BCUT2D eigenvalue weighted by Crippen LogP contribution is 2.33. The van der Waals surface area contributed by atoms with Crippen LogP contribution in [0.1, 0.15) is 16.0 Å². The highest BCUT2D eigenvalue weighted by molar-refractivity contribution is 9.10. The van der Waals surface area contributed by atoms with Gasteiger partial charge in [0, 0.05) is 4.47 Å². The average Bonchev–Trinajstić information content (AvgIpc) is 2.54. The minimum absolute atomic E-state index is 0.192. The molecule has 0 aromatic heterocycles. The second kappa shape index (κ2) is 6.20. The Hall–Kier alpha value is -1.32. The molecule has 0 spiro atoms. The number of hydrogen-bond donors (Lipinski definition) is 0. The van der Waals surface area contributed by atoms with Crippen molar-refractivity contribution < 1.29 is 4.74 Å². The number of methoxy groups -OCH3 is 1. The molecule has 0 amide bonds. The van der Waals surface area contributed by atoms with E-state index in [-0.39, 0.29) is 4.83 Å². The zero-order chi connectivity index (χ0) is 14.8. The number of fused-ring (bicyclic) bond motifs is 1. The molecule has 3 heteroatoms. The standard InChI is InChI=1S/C18H14Br2O/c1-21-17-9-6-13-10-15(3-2-14(13)11-17)18(20)12-4-7-16(19)8-5-12/h2-11,18H,1H3. The van der Waals surface area contributed by atoms with E-state index in [9.17, 15) is 0 Å². The highest BCUT2D eigenvalue weighted by Gasteiger charge is 2.11. The van der Waals surface area contributed by atoms with Crippen molar-refractivity contribution in [2.75, 3.05) is 7.11 Å². The summed E-state index contributed by atoms with van der Waals surface area (Å²) < 4.78 is 6.36. The molecule has 0 aliphatic carbocycles. The van der Waals surface area contributed by atoms with Crippen molar-refractivity contribution in [1.29, 1.82) is 0 Å². The van der Waals surface area contributed by atoms with Crippen LogP contribution in [0.5, 0.6) is 5.75 Å². The van der Waals surface area contributed by atoms with E-state index in [1.165, 1.54) is 21.9 Å². The predicted molar refractivity (Wildman–Crippen MR) is 95.4 cm³/mol. The fraction of sp³-hybridized carbons (Fsp3) is 0.111.